The van der Waals surface area contributed by atoms with Gasteiger partial charge in [0, 0.05) is 32.5 Å². The minimum Gasteiger partial charge on any atom is -0.355 e. The largest absolute Gasteiger partial charge is 0.355 e. The van der Waals surface area contributed by atoms with Crippen LogP contribution in [0.3, 0.4) is 0 Å². The van der Waals surface area contributed by atoms with Gasteiger partial charge in [0.1, 0.15) is 11.6 Å². The number of hydrogen-bond acceptors (Lipinski definition) is 5. The normalized spacial score (nSPS) is 15.2. The highest BCUT2D eigenvalue weighted by Gasteiger charge is 2.15. The van der Waals surface area contributed by atoms with Gasteiger partial charge in [0.2, 0.25) is 0 Å². The Balaban J connectivity index is 1.63. The molecule has 1 aliphatic heterocycles. The van der Waals surface area contributed by atoms with Crippen molar-refractivity contribution in [3.05, 3.63) is 35.4 Å². The molecule has 24 heavy (non-hydrogen) atoms. The number of nitrogens with zero attached hydrogens (tertiary/aromatic N) is 7. The average molecular weight is 323 g/mol. The van der Waals surface area contributed by atoms with Crippen LogP contribution in [0.15, 0.2) is 12.4 Å². The first-order valence-corrected chi connectivity index (χ1v) is 8.27. The van der Waals surface area contributed by atoms with Crippen LogP contribution in [0.2, 0.25) is 0 Å². The van der Waals surface area contributed by atoms with Gasteiger partial charge in [0.25, 0.3) is 0 Å². The molecule has 0 spiro atoms. The molecule has 0 atom stereocenters. The van der Waals surface area contributed by atoms with Gasteiger partial charge in [-0.3, -0.25) is 4.98 Å². The lowest BCUT2D eigenvalue weighted by molar-refractivity contribution is 0.883. The second kappa shape index (κ2) is 5.74. The molecule has 0 bridgehead atoms. The molecule has 0 aliphatic carbocycles. The highest BCUT2D eigenvalue weighted by atomic mass is 15.3. The molecule has 0 saturated carbocycles. The predicted octanol–water partition coefficient (Wildman–Crippen LogP) is 2.25. The van der Waals surface area contributed by atoms with Crippen LogP contribution >= 0.6 is 0 Å². The quantitative estimate of drug-likeness (QED) is 0.740. The average Bonchev–Trinajstić information content (AvgIpc) is 3.28. The van der Waals surface area contributed by atoms with E-state index in [0.29, 0.717) is 5.82 Å². The van der Waals surface area contributed by atoms with E-state index in [-0.39, 0.29) is 0 Å². The van der Waals surface area contributed by atoms with Crippen LogP contribution in [0.25, 0.3) is 17.8 Å². The summed E-state index contributed by atoms with van der Waals surface area (Å²) < 4.78 is 3.87. The molecule has 0 N–H and O–H groups in total. The zero-order valence-electron chi connectivity index (χ0n) is 14.3. The van der Waals surface area contributed by atoms with Crippen LogP contribution in [0.4, 0.5) is 5.82 Å². The summed E-state index contributed by atoms with van der Waals surface area (Å²) in [7, 11) is 2.02. The SMILES string of the molecule is Cc1ncc(C)n2nc(/C=C/c3nc(N4CCCC4)cn3C)nc12. The van der Waals surface area contributed by atoms with Crippen LogP contribution in [-0.4, -0.2) is 42.2 Å². The molecule has 3 aromatic heterocycles. The third kappa shape index (κ3) is 2.55. The maximum Gasteiger partial charge on any atom is 0.177 e. The van der Waals surface area contributed by atoms with E-state index in [1.165, 1.54) is 12.8 Å². The second-order valence-corrected chi connectivity index (χ2v) is 6.29. The summed E-state index contributed by atoms with van der Waals surface area (Å²) in [5.74, 6) is 2.62. The van der Waals surface area contributed by atoms with E-state index in [4.69, 9.17) is 4.98 Å². The highest BCUT2D eigenvalue weighted by Crippen LogP contribution is 2.19. The van der Waals surface area contributed by atoms with Gasteiger partial charge in [0.05, 0.1) is 11.4 Å². The Morgan fingerprint density at radius 2 is 1.88 bits per heavy atom. The molecule has 0 unspecified atom stereocenters. The van der Waals surface area contributed by atoms with E-state index >= 15 is 0 Å². The van der Waals surface area contributed by atoms with E-state index in [0.717, 1.165) is 41.8 Å². The minimum absolute atomic E-state index is 0.667. The third-order valence-corrected chi connectivity index (χ3v) is 4.44. The number of hydrogen-bond donors (Lipinski definition) is 0. The number of imidazole rings is 1. The minimum atomic E-state index is 0.667. The molecule has 124 valence electrons. The summed E-state index contributed by atoms with van der Waals surface area (Å²) in [4.78, 5) is 15.9. The number of aromatic nitrogens is 6. The van der Waals surface area contributed by atoms with Crippen molar-refractivity contribution in [2.45, 2.75) is 26.7 Å². The first kappa shape index (κ1) is 14.9. The number of fused-ring (bicyclic) bond motifs is 1. The molecule has 4 heterocycles. The Bertz CT molecular complexity index is 874. The fourth-order valence-electron chi connectivity index (χ4n) is 3.05. The summed E-state index contributed by atoms with van der Waals surface area (Å²) in [5.41, 5.74) is 2.64. The zero-order chi connectivity index (χ0) is 16.7. The Morgan fingerprint density at radius 3 is 2.62 bits per heavy atom. The van der Waals surface area contributed by atoms with Gasteiger partial charge in [-0.2, -0.15) is 0 Å². The fourth-order valence-corrected chi connectivity index (χ4v) is 3.05. The van der Waals surface area contributed by atoms with Gasteiger partial charge >= 0.3 is 0 Å². The Hall–Kier alpha value is -2.70. The Labute approximate surface area is 140 Å². The molecule has 0 amide bonds. The van der Waals surface area contributed by atoms with Crippen molar-refractivity contribution >= 4 is 23.6 Å². The predicted molar refractivity (Wildman–Crippen MR) is 93.8 cm³/mol. The molecular weight excluding hydrogens is 302 g/mol. The lowest BCUT2D eigenvalue weighted by Crippen LogP contribution is -2.17. The number of rotatable bonds is 3. The van der Waals surface area contributed by atoms with Gasteiger partial charge in [-0.1, -0.05) is 0 Å². The van der Waals surface area contributed by atoms with E-state index in [9.17, 15) is 0 Å². The van der Waals surface area contributed by atoms with Crippen molar-refractivity contribution in [3.63, 3.8) is 0 Å². The number of anilines is 1. The molecule has 3 aromatic rings. The Kier molecular flexibility index (Phi) is 3.55. The van der Waals surface area contributed by atoms with Crippen molar-refractivity contribution in [1.29, 1.82) is 0 Å². The molecule has 7 heteroatoms. The van der Waals surface area contributed by atoms with Crippen LogP contribution in [0.1, 0.15) is 35.9 Å². The van der Waals surface area contributed by atoms with Crippen LogP contribution < -0.4 is 4.90 Å². The molecule has 7 nitrogen and oxygen atoms in total. The van der Waals surface area contributed by atoms with Gasteiger partial charge in [-0.15, -0.1) is 5.10 Å². The first-order chi connectivity index (χ1) is 11.6. The number of aryl methyl sites for hydroxylation is 3. The van der Waals surface area contributed by atoms with Crippen molar-refractivity contribution in [1.82, 2.24) is 29.1 Å². The van der Waals surface area contributed by atoms with Crippen molar-refractivity contribution in [2.24, 2.45) is 7.05 Å². The molecule has 1 aliphatic rings. The summed E-state index contributed by atoms with van der Waals surface area (Å²) in [6, 6.07) is 0. The molecule has 0 aromatic carbocycles. The fraction of sp³-hybridized carbons (Fsp3) is 0.412. The smallest absolute Gasteiger partial charge is 0.177 e. The van der Waals surface area contributed by atoms with E-state index in [2.05, 4.69) is 26.2 Å². The molecule has 1 saturated heterocycles. The van der Waals surface area contributed by atoms with E-state index in [1.807, 2.05) is 48.3 Å². The van der Waals surface area contributed by atoms with E-state index in [1.54, 1.807) is 0 Å². The molecule has 4 rings (SSSR count). The molecule has 1 fully saturated rings. The van der Waals surface area contributed by atoms with Gasteiger partial charge < -0.3 is 9.47 Å². The Morgan fingerprint density at radius 1 is 1.08 bits per heavy atom. The monoisotopic (exact) mass is 323 g/mol. The standard InChI is InChI=1S/C17H21N7/c1-12-10-18-13(2)17-19-14(21-24(12)17)6-7-15-20-16(11-22(15)3)23-8-4-5-9-23/h6-7,10-11H,4-5,8-9H2,1-3H3/b7-6+. The first-order valence-electron chi connectivity index (χ1n) is 8.27. The summed E-state index contributed by atoms with van der Waals surface area (Å²) in [5, 5.41) is 4.53. The molecule has 0 radical (unpaired) electrons. The topological polar surface area (TPSA) is 64.1 Å². The second-order valence-electron chi connectivity index (χ2n) is 6.29. The maximum atomic E-state index is 4.72. The van der Waals surface area contributed by atoms with E-state index < -0.39 is 0 Å². The zero-order valence-corrected chi connectivity index (χ0v) is 14.3. The summed E-state index contributed by atoms with van der Waals surface area (Å²) in [6.45, 7) is 6.11. The third-order valence-electron chi connectivity index (χ3n) is 4.44. The maximum absolute atomic E-state index is 4.72. The summed E-state index contributed by atoms with van der Waals surface area (Å²) >= 11 is 0. The lowest BCUT2D eigenvalue weighted by Gasteiger charge is -2.12. The van der Waals surface area contributed by atoms with Crippen molar-refractivity contribution in [3.8, 4) is 0 Å². The summed E-state index contributed by atoms with van der Waals surface area (Å²) in [6.07, 6.45) is 10.3. The van der Waals surface area contributed by atoms with Crippen LogP contribution in [-0.2, 0) is 7.05 Å². The molecular formula is C17H21N7. The van der Waals surface area contributed by atoms with Crippen molar-refractivity contribution < 1.29 is 0 Å². The van der Waals surface area contributed by atoms with Gasteiger partial charge in [0.15, 0.2) is 11.5 Å². The van der Waals surface area contributed by atoms with Gasteiger partial charge in [-0.25, -0.2) is 14.5 Å². The lowest BCUT2D eigenvalue weighted by atomic mass is 10.4. The van der Waals surface area contributed by atoms with Gasteiger partial charge in [-0.05, 0) is 38.8 Å². The highest BCUT2D eigenvalue weighted by molar-refractivity contribution is 5.65. The van der Waals surface area contributed by atoms with Crippen molar-refractivity contribution in [2.75, 3.05) is 18.0 Å². The van der Waals surface area contributed by atoms with Crippen LogP contribution in [0.5, 0.6) is 0 Å². The van der Waals surface area contributed by atoms with Crippen LogP contribution in [0, 0.1) is 13.8 Å².